The van der Waals surface area contributed by atoms with Crippen LogP contribution in [0.1, 0.15) is 25.1 Å². The minimum absolute atomic E-state index is 0.0946. The van der Waals surface area contributed by atoms with E-state index in [1.807, 2.05) is 44.2 Å². The largest absolute Gasteiger partial charge is 0.315 e. The fourth-order valence-corrected chi connectivity index (χ4v) is 5.09. The molecule has 0 aliphatic heterocycles. The average Bonchev–Trinajstić information content (AvgIpc) is 2.76. The van der Waals surface area contributed by atoms with E-state index in [-0.39, 0.29) is 21.7 Å². The molecule has 21 heavy (non-hydrogen) atoms. The molecule has 0 spiro atoms. The number of nitrogens with one attached hydrogen (secondary N) is 1. The Kier molecular flexibility index (Phi) is 4.65. The van der Waals surface area contributed by atoms with Crippen LogP contribution >= 0.6 is 11.3 Å². The summed E-state index contributed by atoms with van der Waals surface area (Å²) in [6.45, 7) is 5.54. The lowest BCUT2D eigenvalue weighted by molar-refractivity contribution is 0.348. The standard InChI is InChI=1S/C14H18N2O3S2/c1-10(2)16(9-12-7-5-4-6-8-12)21(18,19)13-11(3)15-14(17)20-13/h4-8,10H,9H2,1-3H3,(H,15,17). The van der Waals surface area contributed by atoms with Crippen LogP contribution in [0.25, 0.3) is 0 Å². The number of nitrogens with zero attached hydrogens (tertiary/aromatic N) is 1. The van der Waals surface area contributed by atoms with Gasteiger partial charge in [0.05, 0.1) is 0 Å². The van der Waals surface area contributed by atoms with Crippen LogP contribution in [-0.2, 0) is 16.6 Å². The van der Waals surface area contributed by atoms with Gasteiger partial charge in [-0.15, -0.1) is 0 Å². The number of hydrogen-bond donors (Lipinski definition) is 1. The van der Waals surface area contributed by atoms with E-state index in [1.54, 1.807) is 6.92 Å². The first-order valence-electron chi connectivity index (χ1n) is 6.58. The molecule has 114 valence electrons. The summed E-state index contributed by atoms with van der Waals surface area (Å²) in [6, 6.07) is 9.21. The zero-order valence-electron chi connectivity index (χ0n) is 12.2. The van der Waals surface area contributed by atoms with Gasteiger partial charge in [-0.2, -0.15) is 4.31 Å². The zero-order chi connectivity index (χ0) is 15.6. The SMILES string of the molecule is Cc1[nH]c(=O)sc1S(=O)(=O)N(Cc1ccccc1)C(C)C. The fourth-order valence-electron chi connectivity index (χ4n) is 2.05. The van der Waals surface area contributed by atoms with Crippen molar-refractivity contribution in [2.24, 2.45) is 0 Å². The number of rotatable bonds is 5. The van der Waals surface area contributed by atoms with Crippen LogP contribution in [0.3, 0.4) is 0 Å². The van der Waals surface area contributed by atoms with Gasteiger partial charge in [0.15, 0.2) is 4.21 Å². The Balaban J connectivity index is 2.42. The molecule has 0 unspecified atom stereocenters. The maximum Gasteiger partial charge on any atom is 0.305 e. The molecule has 0 atom stereocenters. The van der Waals surface area contributed by atoms with Gasteiger partial charge in [-0.3, -0.25) is 4.79 Å². The second kappa shape index (κ2) is 6.13. The van der Waals surface area contributed by atoms with Crippen molar-refractivity contribution in [3.63, 3.8) is 0 Å². The van der Waals surface area contributed by atoms with Gasteiger partial charge in [-0.1, -0.05) is 41.7 Å². The van der Waals surface area contributed by atoms with E-state index >= 15 is 0 Å². The summed E-state index contributed by atoms with van der Waals surface area (Å²) in [4.78, 5) is 13.6. The number of sulfonamides is 1. The molecule has 0 saturated heterocycles. The average molecular weight is 326 g/mol. The van der Waals surface area contributed by atoms with E-state index in [9.17, 15) is 13.2 Å². The first-order valence-corrected chi connectivity index (χ1v) is 8.83. The molecule has 0 bridgehead atoms. The predicted molar refractivity (Wildman–Crippen MR) is 84.0 cm³/mol. The van der Waals surface area contributed by atoms with Crippen LogP contribution in [0, 0.1) is 6.92 Å². The van der Waals surface area contributed by atoms with Gasteiger partial charge in [0.1, 0.15) is 0 Å². The third-order valence-corrected chi connectivity index (χ3v) is 6.69. The van der Waals surface area contributed by atoms with Gasteiger partial charge >= 0.3 is 4.87 Å². The van der Waals surface area contributed by atoms with Gasteiger partial charge in [-0.25, -0.2) is 8.42 Å². The van der Waals surface area contributed by atoms with Crippen molar-refractivity contribution in [1.29, 1.82) is 0 Å². The molecule has 1 N–H and O–H groups in total. The molecular weight excluding hydrogens is 308 g/mol. The second-order valence-corrected chi connectivity index (χ2v) is 8.13. The summed E-state index contributed by atoms with van der Waals surface area (Å²) in [7, 11) is -3.69. The highest BCUT2D eigenvalue weighted by Crippen LogP contribution is 2.24. The van der Waals surface area contributed by atoms with Crippen LogP contribution in [0.15, 0.2) is 39.3 Å². The first-order chi connectivity index (χ1) is 9.82. The summed E-state index contributed by atoms with van der Waals surface area (Å²) in [6.07, 6.45) is 0. The Morgan fingerprint density at radius 2 is 1.86 bits per heavy atom. The summed E-state index contributed by atoms with van der Waals surface area (Å²) in [5, 5.41) is 0. The van der Waals surface area contributed by atoms with Gasteiger partial charge in [-0.05, 0) is 26.3 Å². The summed E-state index contributed by atoms with van der Waals surface area (Å²) in [5.41, 5.74) is 1.30. The number of H-pyrrole nitrogens is 1. The quantitative estimate of drug-likeness (QED) is 0.917. The summed E-state index contributed by atoms with van der Waals surface area (Å²) >= 11 is 0.737. The normalized spacial score (nSPS) is 12.2. The van der Waals surface area contributed by atoms with E-state index in [4.69, 9.17) is 0 Å². The second-order valence-electron chi connectivity index (χ2n) is 5.06. The lowest BCUT2D eigenvalue weighted by atomic mass is 10.2. The molecule has 0 aliphatic rings. The van der Waals surface area contributed by atoms with Crippen LogP contribution in [0.4, 0.5) is 0 Å². The van der Waals surface area contributed by atoms with E-state index < -0.39 is 10.0 Å². The van der Waals surface area contributed by atoms with E-state index in [0.717, 1.165) is 16.9 Å². The van der Waals surface area contributed by atoms with Crippen molar-refractivity contribution in [3.8, 4) is 0 Å². The van der Waals surface area contributed by atoms with E-state index in [2.05, 4.69) is 4.98 Å². The molecule has 2 aromatic rings. The Morgan fingerprint density at radius 3 is 2.33 bits per heavy atom. The Morgan fingerprint density at radius 1 is 1.24 bits per heavy atom. The molecule has 0 amide bonds. The molecule has 5 nitrogen and oxygen atoms in total. The van der Waals surface area contributed by atoms with Gasteiger partial charge in [0.25, 0.3) is 10.0 Å². The van der Waals surface area contributed by atoms with Crippen molar-refractivity contribution in [2.45, 2.75) is 37.6 Å². The van der Waals surface area contributed by atoms with Crippen molar-refractivity contribution >= 4 is 21.4 Å². The zero-order valence-corrected chi connectivity index (χ0v) is 13.8. The molecule has 2 rings (SSSR count). The van der Waals surface area contributed by atoms with Crippen LogP contribution in [-0.4, -0.2) is 23.7 Å². The molecule has 0 saturated carbocycles. The first kappa shape index (κ1) is 15.9. The molecule has 0 aliphatic carbocycles. The van der Waals surface area contributed by atoms with Gasteiger partial charge in [0, 0.05) is 18.3 Å². The number of thiazole rings is 1. The topological polar surface area (TPSA) is 70.2 Å². The summed E-state index contributed by atoms with van der Waals surface area (Å²) in [5.74, 6) is 0. The highest BCUT2D eigenvalue weighted by Gasteiger charge is 2.30. The smallest absolute Gasteiger partial charge is 0.305 e. The van der Waals surface area contributed by atoms with Gasteiger partial charge in [0.2, 0.25) is 0 Å². The Hall–Kier alpha value is -1.44. The van der Waals surface area contributed by atoms with Crippen molar-refractivity contribution in [3.05, 3.63) is 51.3 Å². The highest BCUT2D eigenvalue weighted by molar-refractivity contribution is 7.91. The number of aryl methyl sites for hydroxylation is 1. The number of hydrogen-bond acceptors (Lipinski definition) is 4. The van der Waals surface area contributed by atoms with Crippen molar-refractivity contribution in [2.75, 3.05) is 0 Å². The number of aromatic amines is 1. The Bertz CT molecular complexity index is 761. The predicted octanol–water partition coefficient (Wildman–Crippen LogP) is 2.34. The van der Waals surface area contributed by atoms with Gasteiger partial charge < -0.3 is 4.98 Å². The molecule has 7 heteroatoms. The number of aromatic nitrogens is 1. The molecular formula is C14H18N2O3S2. The molecule has 1 aromatic heterocycles. The lowest BCUT2D eigenvalue weighted by Crippen LogP contribution is -2.36. The van der Waals surface area contributed by atoms with Crippen molar-refractivity contribution in [1.82, 2.24) is 9.29 Å². The maximum atomic E-state index is 12.8. The van der Waals surface area contributed by atoms with Crippen LogP contribution in [0.2, 0.25) is 0 Å². The molecule has 0 fully saturated rings. The highest BCUT2D eigenvalue weighted by atomic mass is 32.2. The molecule has 1 aromatic carbocycles. The van der Waals surface area contributed by atoms with Crippen LogP contribution in [0.5, 0.6) is 0 Å². The fraction of sp³-hybridized carbons (Fsp3) is 0.357. The summed E-state index contributed by atoms with van der Waals surface area (Å²) < 4.78 is 27.1. The minimum Gasteiger partial charge on any atom is -0.315 e. The molecule has 0 radical (unpaired) electrons. The maximum absolute atomic E-state index is 12.8. The minimum atomic E-state index is -3.69. The molecule has 1 heterocycles. The van der Waals surface area contributed by atoms with Crippen molar-refractivity contribution < 1.29 is 8.42 Å². The van der Waals surface area contributed by atoms with E-state index in [0.29, 0.717) is 5.69 Å². The lowest BCUT2D eigenvalue weighted by Gasteiger charge is -2.25. The third kappa shape index (κ3) is 3.42. The van der Waals surface area contributed by atoms with E-state index in [1.165, 1.54) is 4.31 Å². The van der Waals surface area contributed by atoms with Crippen LogP contribution < -0.4 is 4.87 Å². The monoisotopic (exact) mass is 326 g/mol. The third-order valence-electron chi connectivity index (χ3n) is 3.08. The number of benzene rings is 1. The Labute approximate surface area is 128 Å².